The van der Waals surface area contributed by atoms with Crippen LogP contribution in [0, 0.1) is 9.39 Å². The van der Waals surface area contributed by atoms with Gasteiger partial charge in [0.15, 0.2) is 0 Å². The van der Waals surface area contributed by atoms with Crippen molar-refractivity contribution in [2.75, 3.05) is 18.2 Å². The van der Waals surface area contributed by atoms with Gasteiger partial charge in [0.1, 0.15) is 5.82 Å². The van der Waals surface area contributed by atoms with Crippen molar-refractivity contribution in [3.63, 3.8) is 0 Å². The third-order valence-corrected chi connectivity index (χ3v) is 3.63. The summed E-state index contributed by atoms with van der Waals surface area (Å²) in [5.74, 6) is -1.14. The first-order valence-corrected chi connectivity index (χ1v) is 6.79. The van der Waals surface area contributed by atoms with Crippen molar-refractivity contribution in [2.45, 2.75) is 0 Å². The number of rotatable bonds is 3. The first kappa shape index (κ1) is 14.6. The van der Waals surface area contributed by atoms with Crippen molar-refractivity contribution in [2.24, 2.45) is 0 Å². The Labute approximate surface area is 129 Å². The predicted octanol–water partition coefficient (Wildman–Crippen LogP) is 3.54. The van der Waals surface area contributed by atoms with E-state index in [1.165, 1.54) is 13.2 Å². The maximum absolute atomic E-state index is 13.9. The molecule has 0 unspecified atom stereocenters. The van der Waals surface area contributed by atoms with Gasteiger partial charge in [0, 0.05) is 9.26 Å². The van der Waals surface area contributed by atoms with Crippen molar-refractivity contribution in [1.29, 1.82) is 0 Å². The second-order valence-corrected chi connectivity index (χ2v) is 5.18. The van der Waals surface area contributed by atoms with Gasteiger partial charge in [-0.3, -0.25) is 0 Å². The summed E-state index contributed by atoms with van der Waals surface area (Å²) < 4.78 is 19.5. The van der Waals surface area contributed by atoms with Crippen LogP contribution >= 0.6 is 22.6 Å². The van der Waals surface area contributed by atoms with Gasteiger partial charge >= 0.3 is 5.97 Å². The van der Waals surface area contributed by atoms with Crippen molar-refractivity contribution in [3.05, 3.63) is 51.3 Å². The SMILES string of the molecule is COC(=O)c1cc(Nc2ccccc2I)c(F)cc1N. The maximum Gasteiger partial charge on any atom is 0.340 e. The lowest BCUT2D eigenvalue weighted by Gasteiger charge is -2.12. The van der Waals surface area contributed by atoms with Gasteiger partial charge in [-0.15, -0.1) is 0 Å². The van der Waals surface area contributed by atoms with E-state index in [-0.39, 0.29) is 16.9 Å². The number of methoxy groups -OCH3 is 1. The minimum Gasteiger partial charge on any atom is -0.465 e. The van der Waals surface area contributed by atoms with E-state index in [2.05, 4.69) is 32.6 Å². The second kappa shape index (κ2) is 6.08. The molecule has 104 valence electrons. The lowest BCUT2D eigenvalue weighted by atomic mass is 10.1. The second-order valence-electron chi connectivity index (χ2n) is 4.02. The van der Waals surface area contributed by atoms with Crippen molar-refractivity contribution < 1.29 is 13.9 Å². The molecule has 2 rings (SSSR count). The Morgan fingerprint density at radius 3 is 2.65 bits per heavy atom. The molecule has 0 atom stereocenters. The van der Waals surface area contributed by atoms with Gasteiger partial charge in [-0.25, -0.2) is 9.18 Å². The van der Waals surface area contributed by atoms with Gasteiger partial charge in [-0.2, -0.15) is 0 Å². The van der Waals surface area contributed by atoms with E-state index in [1.807, 2.05) is 24.3 Å². The number of anilines is 3. The van der Waals surface area contributed by atoms with Gasteiger partial charge in [-0.05, 0) is 46.9 Å². The summed E-state index contributed by atoms with van der Waals surface area (Å²) in [5.41, 5.74) is 6.70. The number of nitrogens with one attached hydrogen (secondary N) is 1. The van der Waals surface area contributed by atoms with Crippen molar-refractivity contribution in [1.82, 2.24) is 0 Å². The zero-order valence-electron chi connectivity index (χ0n) is 10.6. The number of esters is 1. The smallest absolute Gasteiger partial charge is 0.340 e. The summed E-state index contributed by atoms with van der Waals surface area (Å²) >= 11 is 2.13. The van der Waals surface area contributed by atoms with E-state index in [1.54, 1.807) is 0 Å². The van der Waals surface area contributed by atoms with Crippen molar-refractivity contribution >= 4 is 45.6 Å². The Kier molecular flexibility index (Phi) is 4.43. The molecule has 6 heteroatoms. The monoisotopic (exact) mass is 386 g/mol. The Balaban J connectivity index is 2.42. The molecule has 2 aromatic rings. The minimum atomic E-state index is -0.603. The molecule has 2 aromatic carbocycles. The molecular formula is C14H12FIN2O2. The molecule has 0 aromatic heterocycles. The van der Waals surface area contributed by atoms with E-state index in [9.17, 15) is 9.18 Å². The largest absolute Gasteiger partial charge is 0.465 e. The fourth-order valence-electron chi connectivity index (χ4n) is 1.68. The van der Waals surface area contributed by atoms with Gasteiger partial charge in [0.05, 0.1) is 24.0 Å². The summed E-state index contributed by atoms with van der Waals surface area (Å²) in [4.78, 5) is 11.6. The molecule has 4 nitrogen and oxygen atoms in total. The van der Waals surface area contributed by atoms with Crippen LogP contribution in [-0.2, 0) is 4.74 Å². The van der Waals surface area contributed by atoms with Crippen LogP contribution < -0.4 is 11.1 Å². The minimum absolute atomic E-state index is 0.0441. The normalized spacial score (nSPS) is 10.2. The fourth-order valence-corrected chi connectivity index (χ4v) is 2.20. The number of carbonyl (C=O) groups excluding carboxylic acids is 1. The molecule has 0 spiro atoms. The van der Waals surface area contributed by atoms with E-state index in [0.29, 0.717) is 0 Å². The lowest BCUT2D eigenvalue weighted by molar-refractivity contribution is 0.0602. The summed E-state index contributed by atoms with van der Waals surface area (Å²) in [7, 11) is 1.25. The number of carbonyl (C=O) groups is 1. The van der Waals surface area contributed by atoms with E-state index in [4.69, 9.17) is 5.73 Å². The molecule has 0 fully saturated rings. The van der Waals surface area contributed by atoms with E-state index in [0.717, 1.165) is 15.3 Å². The first-order chi connectivity index (χ1) is 9.52. The fraction of sp³-hybridized carbons (Fsp3) is 0.0714. The molecular weight excluding hydrogens is 374 g/mol. The number of ether oxygens (including phenoxy) is 1. The van der Waals surface area contributed by atoms with Crippen LogP contribution in [0.3, 0.4) is 0 Å². The van der Waals surface area contributed by atoms with Gasteiger partial charge in [0.25, 0.3) is 0 Å². The Bertz CT molecular complexity index is 662. The average Bonchev–Trinajstić information content (AvgIpc) is 2.43. The van der Waals surface area contributed by atoms with E-state index >= 15 is 0 Å². The average molecular weight is 386 g/mol. The molecule has 20 heavy (non-hydrogen) atoms. The molecule has 0 amide bonds. The number of hydrogen-bond donors (Lipinski definition) is 2. The number of benzene rings is 2. The predicted molar refractivity (Wildman–Crippen MR) is 84.6 cm³/mol. The third-order valence-electron chi connectivity index (χ3n) is 2.69. The Morgan fingerprint density at radius 2 is 2.00 bits per heavy atom. The molecule has 0 aliphatic carbocycles. The number of nitrogen functional groups attached to an aromatic ring is 1. The zero-order valence-corrected chi connectivity index (χ0v) is 12.8. The summed E-state index contributed by atoms with van der Waals surface area (Å²) in [6, 6.07) is 9.87. The highest BCUT2D eigenvalue weighted by molar-refractivity contribution is 14.1. The summed E-state index contributed by atoms with van der Waals surface area (Å²) in [5, 5.41) is 2.94. The Hall–Kier alpha value is -1.83. The van der Waals surface area contributed by atoms with Crippen LogP contribution in [-0.4, -0.2) is 13.1 Å². The first-order valence-electron chi connectivity index (χ1n) is 5.72. The van der Waals surface area contributed by atoms with Crippen LogP contribution in [0.5, 0.6) is 0 Å². The number of para-hydroxylation sites is 1. The molecule has 0 aliphatic heterocycles. The van der Waals surface area contributed by atoms with Gasteiger partial charge in [-0.1, -0.05) is 12.1 Å². The van der Waals surface area contributed by atoms with Crippen LogP contribution in [0.4, 0.5) is 21.5 Å². The third kappa shape index (κ3) is 3.01. The number of hydrogen-bond acceptors (Lipinski definition) is 4. The molecule has 0 heterocycles. The molecule has 0 radical (unpaired) electrons. The van der Waals surface area contributed by atoms with Crippen LogP contribution in [0.15, 0.2) is 36.4 Å². The van der Waals surface area contributed by atoms with Crippen LogP contribution in [0.1, 0.15) is 10.4 Å². The summed E-state index contributed by atoms with van der Waals surface area (Å²) in [6.45, 7) is 0. The molecule has 3 N–H and O–H groups in total. The van der Waals surface area contributed by atoms with Crippen LogP contribution in [0.2, 0.25) is 0 Å². The highest BCUT2D eigenvalue weighted by Gasteiger charge is 2.15. The molecule has 0 aliphatic rings. The standard InChI is InChI=1S/C14H12FIN2O2/c1-20-14(19)8-6-13(9(15)7-11(8)17)18-12-5-3-2-4-10(12)16/h2-7,18H,17H2,1H3. The van der Waals surface area contributed by atoms with E-state index < -0.39 is 11.8 Å². The molecule has 0 bridgehead atoms. The van der Waals surface area contributed by atoms with Gasteiger partial charge < -0.3 is 15.8 Å². The lowest BCUT2D eigenvalue weighted by Crippen LogP contribution is -2.08. The van der Waals surface area contributed by atoms with Crippen molar-refractivity contribution in [3.8, 4) is 0 Å². The zero-order chi connectivity index (χ0) is 14.7. The topological polar surface area (TPSA) is 64.3 Å². The highest BCUT2D eigenvalue weighted by atomic mass is 127. The van der Waals surface area contributed by atoms with Gasteiger partial charge in [0.2, 0.25) is 0 Å². The highest BCUT2D eigenvalue weighted by Crippen LogP contribution is 2.28. The Morgan fingerprint density at radius 1 is 1.30 bits per heavy atom. The maximum atomic E-state index is 13.9. The molecule has 0 saturated heterocycles. The van der Waals surface area contributed by atoms with Crippen LogP contribution in [0.25, 0.3) is 0 Å². The number of nitrogens with two attached hydrogens (primary N) is 1. The quantitative estimate of drug-likeness (QED) is 0.481. The summed E-state index contributed by atoms with van der Waals surface area (Å²) in [6.07, 6.45) is 0. The number of halogens is 2. The molecule has 0 saturated carbocycles.